The van der Waals surface area contributed by atoms with Crippen molar-refractivity contribution in [2.45, 2.75) is 85.7 Å². The number of carbonyl (C=O) groups excluding carboxylic acids is 3. The van der Waals surface area contributed by atoms with Crippen LogP contribution in [0.5, 0.6) is 11.5 Å². The molecule has 1 unspecified atom stereocenters. The summed E-state index contributed by atoms with van der Waals surface area (Å²) < 4.78 is 25.6. The normalized spacial score (nSPS) is 12.7. The molecule has 0 amide bonds. The summed E-state index contributed by atoms with van der Waals surface area (Å²) in [7, 11) is 0. The Morgan fingerprint density at radius 3 is 1.89 bits per heavy atom. The molecule has 1 aromatic rings. The van der Waals surface area contributed by atoms with Crippen LogP contribution in [-0.2, 0) is 30.2 Å². The molecular weight excluding hydrogens is 474 g/mol. The van der Waals surface area contributed by atoms with Crippen LogP contribution in [0.3, 0.4) is 0 Å². The highest BCUT2D eigenvalue weighted by Crippen LogP contribution is 2.30. The van der Waals surface area contributed by atoms with E-state index < -0.39 is 42.6 Å². The van der Waals surface area contributed by atoms with E-state index in [0.717, 1.165) is 0 Å². The van der Waals surface area contributed by atoms with Gasteiger partial charge in [0.15, 0.2) is 11.5 Å². The zero-order valence-electron chi connectivity index (χ0n) is 21.9. The van der Waals surface area contributed by atoms with Crippen molar-refractivity contribution in [3.63, 3.8) is 0 Å². The van der Waals surface area contributed by atoms with Crippen LogP contribution in [0.25, 0.3) is 0 Å². The molecular formula is C25H37NO10. The fraction of sp³-hybridized carbons (Fsp3) is 0.600. The van der Waals surface area contributed by atoms with Gasteiger partial charge in [-0.05, 0) is 64.7 Å². The van der Waals surface area contributed by atoms with Crippen molar-refractivity contribution < 1.29 is 48.0 Å². The number of rotatable bonds is 13. The fourth-order valence-electron chi connectivity index (χ4n) is 2.89. The first-order valence-electron chi connectivity index (χ1n) is 11.8. The molecule has 0 saturated carbocycles. The molecule has 2 atom stereocenters. The molecule has 0 fully saturated rings. The molecule has 0 aliphatic rings. The van der Waals surface area contributed by atoms with E-state index in [0.29, 0.717) is 5.56 Å². The Morgan fingerprint density at radius 1 is 0.833 bits per heavy atom. The molecule has 11 nitrogen and oxygen atoms in total. The molecule has 0 bridgehead atoms. The largest absolute Gasteiger partial charge is 0.514 e. The number of carbonyl (C=O) groups is 4. The highest BCUT2D eigenvalue weighted by molar-refractivity contribution is 5.74. The highest BCUT2D eigenvalue weighted by Gasteiger charge is 2.23. The Kier molecular flexibility index (Phi) is 12.7. The second-order valence-electron chi connectivity index (χ2n) is 9.22. The zero-order chi connectivity index (χ0) is 27.4. The molecule has 1 rings (SSSR count). The standard InChI is InChI=1S/C25H37NO10/c1-14(2)10-22(27)34-17(7)13-26-19(23(28)29)11-18-8-9-20(35-24(30)32-15(3)4)21(12-18)36-25(31)33-16(5)6/h8-9,12,14-17,19,26H,10-11,13H2,1-7H3,(H,28,29)/t17?,19-/m0/s1. The fourth-order valence-corrected chi connectivity index (χ4v) is 2.89. The van der Waals surface area contributed by atoms with Crippen molar-refractivity contribution >= 4 is 24.2 Å². The van der Waals surface area contributed by atoms with Crippen LogP contribution >= 0.6 is 0 Å². The van der Waals surface area contributed by atoms with E-state index in [1.54, 1.807) is 34.6 Å². The van der Waals surface area contributed by atoms with Crippen LogP contribution in [0.1, 0.15) is 60.5 Å². The van der Waals surface area contributed by atoms with Gasteiger partial charge < -0.3 is 34.1 Å². The van der Waals surface area contributed by atoms with Crippen molar-refractivity contribution in [2.75, 3.05) is 6.54 Å². The summed E-state index contributed by atoms with van der Waals surface area (Å²) in [5, 5.41) is 12.5. The van der Waals surface area contributed by atoms with E-state index in [1.165, 1.54) is 18.2 Å². The van der Waals surface area contributed by atoms with Crippen molar-refractivity contribution in [3.8, 4) is 11.5 Å². The maximum Gasteiger partial charge on any atom is 0.514 e. The summed E-state index contributed by atoms with van der Waals surface area (Å²) in [6, 6.07) is 3.24. The van der Waals surface area contributed by atoms with Crippen molar-refractivity contribution in [1.82, 2.24) is 5.32 Å². The lowest BCUT2D eigenvalue weighted by Gasteiger charge is -2.19. The van der Waals surface area contributed by atoms with E-state index in [2.05, 4.69) is 5.32 Å². The summed E-state index contributed by atoms with van der Waals surface area (Å²) in [4.78, 5) is 47.6. The zero-order valence-corrected chi connectivity index (χ0v) is 21.9. The van der Waals surface area contributed by atoms with Crippen molar-refractivity contribution in [2.24, 2.45) is 5.92 Å². The SMILES string of the molecule is CC(C)CC(=O)OC(C)CN[C@@H](Cc1ccc(OC(=O)OC(C)C)c(OC(=O)OC(C)C)c1)C(=O)O. The lowest BCUT2D eigenvalue weighted by molar-refractivity contribution is -0.149. The predicted molar refractivity (Wildman–Crippen MR) is 129 cm³/mol. The second-order valence-corrected chi connectivity index (χ2v) is 9.22. The van der Waals surface area contributed by atoms with Crippen molar-refractivity contribution in [1.29, 1.82) is 0 Å². The van der Waals surface area contributed by atoms with Gasteiger partial charge in [-0.15, -0.1) is 0 Å². The number of carboxylic acids is 1. The first-order chi connectivity index (χ1) is 16.8. The minimum atomic E-state index is -1.13. The Balaban J connectivity index is 2.98. The van der Waals surface area contributed by atoms with E-state index in [9.17, 15) is 24.3 Å². The minimum absolute atomic E-state index is 0.00565. The molecule has 0 spiro atoms. The summed E-state index contributed by atoms with van der Waals surface area (Å²) in [6.07, 6.45) is -3.16. The van der Waals surface area contributed by atoms with Gasteiger partial charge in [0.2, 0.25) is 0 Å². The average Bonchev–Trinajstić information content (AvgIpc) is 2.70. The molecule has 202 valence electrons. The smallest absolute Gasteiger partial charge is 0.480 e. The third-order valence-electron chi connectivity index (χ3n) is 4.36. The second kappa shape index (κ2) is 14.9. The molecule has 1 aromatic carbocycles. The topological polar surface area (TPSA) is 147 Å². The number of nitrogens with one attached hydrogen (secondary N) is 1. The first-order valence-corrected chi connectivity index (χ1v) is 11.8. The third kappa shape index (κ3) is 12.4. The molecule has 0 aliphatic carbocycles. The highest BCUT2D eigenvalue weighted by atomic mass is 16.7. The Bertz CT molecular complexity index is 897. The predicted octanol–water partition coefficient (Wildman–Crippen LogP) is 4.10. The number of aliphatic carboxylic acids is 1. The maximum absolute atomic E-state index is 12.0. The van der Waals surface area contributed by atoms with Gasteiger partial charge in [0.1, 0.15) is 12.1 Å². The third-order valence-corrected chi connectivity index (χ3v) is 4.36. The van der Waals surface area contributed by atoms with Gasteiger partial charge in [0, 0.05) is 13.0 Å². The summed E-state index contributed by atoms with van der Waals surface area (Å²) in [5.74, 6) is -1.57. The van der Waals surface area contributed by atoms with Gasteiger partial charge in [0.25, 0.3) is 0 Å². The lowest BCUT2D eigenvalue weighted by atomic mass is 10.0. The molecule has 2 N–H and O–H groups in total. The minimum Gasteiger partial charge on any atom is -0.480 e. The summed E-state index contributed by atoms with van der Waals surface area (Å²) in [6.45, 7) is 12.1. The van der Waals surface area contributed by atoms with Gasteiger partial charge in [-0.1, -0.05) is 19.9 Å². The number of hydrogen-bond acceptors (Lipinski definition) is 10. The van der Waals surface area contributed by atoms with Gasteiger partial charge in [-0.25, -0.2) is 9.59 Å². The van der Waals surface area contributed by atoms with E-state index in [4.69, 9.17) is 23.7 Å². The van der Waals surface area contributed by atoms with Crippen molar-refractivity contribution in [3.05, 3.63) is 23.8 Å². The molecule has 11 heteroatoms. The quantitative estimate of drug-likeness (QED) is 0.224. The summed E-state index contributed by atoms with van der Waals surface area (Å²) in [5.41, 5.74) is 0.469. The van der Waals surface area contributed by atoms with E-state index in [1.807, 2.05) is 13.8 Å². The Labute approximate surface area is 211 Å². The van der Waals surface area contributed by atoms with Gasteiger partial charge in [-0.2, -0.15) is 0 Å². The van der Waals surface area contributed by atoms with Crippen LogP contribution in [0.15, 0.2) is 18.2 Å². The molecule has 36 heavy (non-hydrogen) atoms. The van der Waals surface area contributed by atoms with Crippen LogP contribution < -0.4 is 14.8 Å². The molecule has 0 saturated heterocycles. The van der Waals surface area contributed by atoms with Gasteiger partial charge >= 0.3 is 24.2 Å². The van der Waals surface area contributed by atoms with E-state index >= 15 is 0 Å². The van der Waals surface area contributed by atoms with Crippen LogP contribution in [0.2, 0.25) is 0 Å². The number of hydrogen-bond donors (Lipinski definition) is 2. The number of ether oxygens (including phenoxy) is 5. The van der Waals surface area contributed by atoms with Gasteiger partial charge in [-0.3, -0.25) is 9.59 Å². The Morgan fingerprint density at radius 2 is 1.39 bits per heavy atom. The monoisotopic (exact) mass is 511 g/mol. The Hall–Kier alpha value is -3.34. The molecule has 0 aromatic heterocycles. The van der Waals surface area contributed by atoms with Crippen LogP contribution in [-0.4, -0.2) is 60.3 Å². The maximum atomic E-state index is 12.0. The number of esters is 1. The lowest BCUT2D eigenvalue weighted by Crippen LogP contribution is -2.42. The number of carboxylic acid groups (broad SMARTS) is 1. The average molecular weight is 512 g/mol. The summed E-state index contributed by atoms with van der Waals surface area (Å²) >= 11 is 0. The number of benzene rings is 1. The molecule has 0 radical (unpaired) electrons. The van der Waals surface area contributed by atoms with Gasteiger partial charge in [0.05, 0.1) is 12.2 Å². The first kappa shape index (κ1) is 30.7. The molecule has 0 aliphatic heterocycles. The van der Waals surface area contributed by atoms with E-state index in [-0.39, 0.29) is 42.8 Å². The van der Waals surface area contributed by atoms with Crippen LogP contribution in [0, 0.1) is 5.92 Å². The van der Waals surface area contributed by atoms with Crippen LogP contribution in [0.4, 0.5) is 9.59 Å². The molecule has 0 heterocycles.